The van der Waals surface area contributed by atoms with Crippen molar-refractivity contribution in [2.45, 2.75) is 19.4 Å². The van der Waals surface area contributed by atoms with Crippen LogP contribution in [0.2, 0.25) is 0 Å². The summed E-state index contributed by atoms with van der Waals surface area (Å²) >= 11 is 0. The van der Waals surface area contributed by atoms with Crippen LogP contribution in [0.25, 0.3) is 0 Å². The third-order valence-corrected chi connectivity index (χ3v) is 4.00. The molecular formula is C15H20N2O4. The van der Waals surface area contributed by atoms with Crippen LogP contribution < -0.4 is 10.5 Å². The molecule has 0 saturated carbocycles. The quantitative estimate of drug-likeness (QED) is 0.862. The number of piperidine rings is 1. The van der Waals surface area contributed by atoms with Crippen molar-refractivity contribution >= 4 is 11.9 Å². The maximum atomic E-state index is 12.6. The Morgan fingerprint density at radius 2 is 2.14 bits per heavy atom. The fourth-order valence-electron chi connectivity index (χ4n) is 2.71. The minimum absolute atomic E-state index is 0.134. The average molecular weight is 292 g/mol. The number of nitrogens with two attached hydrogens (primary N) is 1. The number of ether oxygens (including phenoxy) is 1. The number of hydrogen-bond donors (Lipinski definition) is 2. The van der Waals surface area contributed by atoms with Crippen LogP contribution >= 0.6 is 0 Å². The zero-order chi connectivity index (χ0) is 15.6. The summed E-state index contributed by atoms with van der Waals surface area (Å²) in [5.74, 6) is -0.955. The molecule has 1 amide bonds. The monoisotopic (exact) mass is 292 g/mol. The van der Waals surface area contributed by atoms with Crippen molar-refractivity contribution in [2.24, 2.45) is 11.7 Å². The zero-order valence-corrected chi connectivity index (χ0v) is 12.2. The molecule has 0 aromatic heterocycles. The Balaban J connectivity index is 2.17. The fourth-order valence-corrected chi connectivity index (χ4v) is 2.71. The molecule has 0 bridgehead atoms. The summed E-state index contributed by atoms with van der Waals surface area (Å²) in [7, 11) is 1.56. The fraction of sp³-hybridized carbons (Fsp3) is 0.467. The molecule has 1 aromatic carbocycles. The van der Waals surface area contributed by atoms with Gasteiger partial charge in [0.05, 0.1) is 13.0 Å². The maximum Gasteiger partial charge on any atom is 0.308 e. The lowest BCUT2D eigenvalue weighted by molar-refractivity contribution is -0.143. The van der Waals surface area contributed by atoms with Gasteiger partial charge in [0.1, 0.15) is 5.75 Å². The second-order valence-electron chi connectivity index (χ2n) is 5.28. The van der Waals surface area contributed by atoms with Gasteiger partial charge in [0.15, 0.2) is 0 Å². The van der Waals surface area contributed by atoms with Crippen LogP contribution in [0.15, 0.2) is 18.2 Å². The van der Waals surface area contributed by atoms with Crippen LogP contribution in [0.3, 0.4) is 0 Å². The summed E-state index contributed by atoms with van der Waals surface area (Å²) in [5, 5.41) is 9.06. The van der Waals surface area contributed by atoms with Gasteiger partial charge in [-0.2, -0.15) is 0 Å². The van der Waals surface area contributed by atoms with Crippen molar-refractivity contribution in [2.75, 3.05) is 20.2 Å². The molecular weight excluding hydrogens is 272 g/mol. The Kier molecular flexibility index (Phi) is 4.47. The van der Waals surface area contributed by atoms with Crippen molar-refractivity contribution in [3.8, 4) is 5.75 Å². The smallest absolute Gasteiger partial charge is 0.308 e. The van der Waals surface area contributed by atoms with Gasteiger partial charge in [-0.25, -0.2) is 0 Å². The molecule has 1 aliphatic rings. The number of carbonyl (C=O) groups excluding carboxylic acids is 1. The van der Waals surface area contributed by atoms with Crippen LogP contribution in [0.4, 0.5) is 0 Å². The molecule has 1 heterocycles. The molecule has 0 spiro atoms. The van der Waals surface area contributed by atoms with Gasteiger partial charge >= 0.3 is 5.97 Å². The first-order valence-electron chi connectivity index (χ1n) is 6.87. The minimum atomic E-state index is -0.896. The number of benzene rings is 1. The highest BCUT2D eigenvalue weighted by Gasteiger charge is 2.34. The topological polar surface area (TPSA) is 92.9 Å². The Bertz CT molecular complexity index is 559. The van der Waals surface area contributed by atoms with E-state index >= 15 is 0 Å². The minimum Gasteiger partial charge on any atom is -0.496 e. The van der Waals surface area contributed by atoms with E-state index in [2.05, 4.69) is 0 Å². The van der Waals surface area contributed by atoms with E-state index < -0.39 is 17.9 Å². The summed E-state index contributed by atoms with van der Waals surface area (Å²) in [5.41, 5.74) is 7.22. The van der Waals surface area contributed by atoms with E-state index in [1.807, 2.05) is 6.92 Å². The summed E-state index contributed by atoms with van der Waals surface area (Å²) in [6.07, 6.45) is 0.380. The first-order valence-corrected chi connectivity index (χ1v) is 6.87. The predicted molar refractivity (Wildman–Crippen MR) is 77.4 cm³/mol. The Morgan fingerprint density at radius 3 is 2.71 bits per heavy atom. The van der Waals surface area contributed by atoms with E-state index in [1.54, 1.807) is 30.2 Å². The largest absolute Gasteiger partial charge is 0.496 e. The van der Waals surface area contributed by atoms with Crippen LogP contribution in [0.1, 0.15) is 22.3 Å². The highest BCUT2D eigenvalue weighted by atomic mass is 16.5. The molecule has 21 heavy (non-hydrogen) atoms. The SMILES string of the molecule is COc1cccc(C(=O)N2CC[C@H](C(=O)O)[C@H](N)C2)c1C. The number of amides is 1. The molecule has 1 fully saturated rings. The second-order valence-corrected chi connectivity index (χ2v) is 5.28. The molecule has 6 heteroatoms. The lowest BCUT2D eigenvalue weighted by Crippen LogP contribution is -2.52. The lowest BCUT2D eigenvalue weighted by atomic mass is 9.91. The molecule has 6 nitrogen and oxygen atoms in total. The first kappa shape index (κ1) is 15.3. The van der Waals surface area contributed by atoms with Gasteiger partial charge in [-0.15, -0.1) is 0 Å². The molecule has 2 rings (SSSR count). The van der Waals surface area contributed by atoms with E-state index in [0.29, 0.717) is 24.3 Å². The predicted octanol–water partition coefficient (Wildman–Crippen LogP) is 0.878. The van der Waals surface area contributed by atoms with Gasteiger partial charge in [0.2, 0.25) is 0 Å². The number of nitrogens with zero attached hydrogens (tertiary/aromatic N) is 1. The van der Waals surface area contributed by atoms with E-state index in [4.69, 9.17) is 15.6 Å². The zero-order valence-electron chi connectivity index (χ0n) is 12.2. The number of carboxylic acid groups (broad SMARTS) is 1. The number of hydrogen-bond acceptors (Lipinski definition) is 4. The van der Waals surface area contributed by atoms with Gasteiger partial charge in [-0.3, -0.25) is 9.59 Å². The van der Waals surface area contributed by atoms with Gasteiger partial charge in [-0.05, 0) is 25.5 Å². The summed E-state index contributed by atoms with van der Waals surface area (Å²) in [6, 6.07) is 4.78. The maximum absolute atomic E-state index is 12.6. The Morgan fingerprint density at radius 1 is 1.43 bits per heavy atom. The molecule has 114 valence electrons. The molecule has 1 aromatic rings. The van der Waals surface area contributed by atoms with Crippen molar-refractivity contribution in [3.63, 3.8) is 0 Å². The first-order chi connectivity index (χ1) is 9.95. The van der Waals surface area contributed by atoms with Gasteiger partial charge in [-0.1, -0.05) is 6.07 Å². The van der Waals surface area contributed by atoms with E-state index in [1.165, 1.54) is 0 Å². The normalized spacial score (nSPS) is 22.0. The highest BCUT2D eigenvalue weighted by molar-refractivity contribution is 5.96. The van der Waals surface area contributed by atoms with Gasteiger partial charge in [0.25, 0.3) is 5.91 Å². The summed E-state index contributed by atoms with van der Waals surface area (Å²) in [4.78, 5) is 25.2. The van der Waals surface area contributed by atoms with Crippen molar-refractivity contribution in [3.05, 3.63) is 29.3 Å². The van der Waals surface area contributed by atoms with E-state index in [0.717, 1.165) is 5.56 Å². The molecule has 0 unspecified atom stereocenters. The number of aliphatic carboxylic acids is 1. The van der Waals surface area contributed by atoms with E-state index in [-0.39, 0.29) is 12.5 Å². The molecule has 3 N–H and O–H groups in total. The third kappa shape index (κ3) is 3.00. The second kappa shape index (κ2) is 6.13. The number of likely N-dealkylation sites (tertiary alicyclic amines) is 1. The number of carbonyl (C=O) groups is 2. The van der Waals surface area contributed by atoms with Crippen LogP contribution in [-0.2, 0) is 4.79 Å². The lowest BCUT2D eigenvalue weighted by Gasteiger charge is -2.35. The Hall–Kier alpha value is -2.08. The van der Waals surface area contributed by atoms with Crippen LogP contribution in [-0.4, -0.2) is 48.1 Å². The van der Waals surface area contributed by atoms with E-state index in [9.17, 15) is 9.59 Å². The van der Waals surface area contributed by atoms with Crippen molar-refractivity contribution in [1.82, 2.24) is 4.90 Å². The molecule has 0 aliphatic carbocycles. The molecule has 2 atom stereocenters. The summed E-state index contributed by atoms with van der Waals surface area (Å²) < 4.78 is 5.22. The van der Waals surface area contributed by atoms with Crippen LogP contribution in [0, 0.1) is 12.8 Å². The summed E-state index contributed by atoms with van der Waals surface area (Å²) in [6.45, 7) is 2.49. The van der Waals surface area contributed by atoms with Crippen LogP contribution in [0.5, 0.6) is 5.75 Å². The number of carboxylic acids is 1. The van der Waals surface area contributed by atoms with Gasteiger partial charge < -0.3 is 20.5 Å². The van der Waals surface area contributed by atoms with Crippen molar-refractivity contribution < 1.29 is 19.4 Å². The number of rotatable bonds is 3. The highest BCUT2D eigenvalue weighted by Crippen LogP contribution is 2.24. The number of methoxy groups -OCH3 is 1. The third-order valence-electron chi connectivity index (χ3n) is 4.00. The molecule has 1 saturated heterocycles. The molecule has 0 radical (unpaired) electrons. The van der Waals surface area contributed by atoms with Gasteiger partial charge in [0, 0.05) is 30.3 Å². The van der Waals surface area contributed by atoms with Crippen molar-refractivity contribution in [1.29, 1.82) is 0 Å². The Labute approximate surface area is 123 Å². The standard InChI is InChI=1S/C15H20N2O4/c1-9-10(4-3-5-13(9)21-2)14(18)17-7-6-11(15(19)20)12(16)8-17/h3-5,11-12H,6-8,16H2,1-2H3,(H,19,20)/t11-,12+/m0/s1. The average Bonchev–Trinajstić information content (AvgIpc) is 2.46. The molecule has 1 aliphatic heterocycles.